The highest BCUT2D eigenvalue weighted by molar-refractivity contribution is 7.90. The maximum absolute atomic E-state index is 13.3. The number of sulfonamides is 1. The van der Waals surface area contributed by atoms with Crippen molar-refractivity contribution < 1.29 is 23.1 Å². The lowest BCUT2D eigenvalue weighted by molar-refractivity contribution is 0.0461. The quantitative estimate of drug-likeness (QED) is 0.420. The molecule has 1 saturated carbocycles. The molecule has 0 saturated heterocycles. The van der Waals surface area contributed by atoms with Gasteiger partial charge >= 0.3 is 0 Å². The van der Waals surface area contributed by atoms with Crippen LogP contribution in [-0.2, 0) is 23.1 Å². The van der Waals surface area contributed by atoms with Gasteiger partial charge in [0.15, 0.2) is 0 Å². The summed E-state index contributed by atoms with van der Waals surface area (Å²) in [5.41, 5.74) is 3.31. The molecule has 1 amide bonds. The summed E-state index contributed by atoms with van der Waals surface area (Å²) in [6.45, 7) is 3.65. The average molecular weight is 587 g/mol. The third-order valence-electron chi connectivity index (χ3n) is 8.73. The van der Waals surface area contributed by atoms with Crippen molar-refractivity contribution in [2.24, 2.45) is 11.8 Å². The highest BCUT2D eigenvalue weighted by Gasteiger charge is 2.37. The molecule has 1 fully saturated rings. The number of nitrogens with zero attached hydrogens (tertiary/aromatic N) is 1. The zero-order valence-electron chi connectivity index (χ0n) is 23.0. The van der Waals surface area contributed by atoms with Gasteiger partial charge in [-0.3, -0.25) is 4.79 Å². The molecule has 2 heterocycles. The Balaban J connectivity index is 1.53. The van der Waals surface area contributed by atoms with Crippen molar-refractivity contribution in [2.75, 3.05) is 18.0 Å². The summed E-state index contributed by atoms with van der Waals surface area (Å²) < 4.78 is 34.9. The number of aliphatic hydroxyl groups excluding tert-OH is 1. The number of allylic oxidation sites excluding steroid dienone is 1. The fourth-order valence-electron chi connectivity index (χ4n) is 6.14. The molecule has 0 aromatic heterocycles. The lowest BCUT2D eigenvalue weighted by atomic mass is 9.70. The van der Waals surface area contributed by atoms with E-state index in [0.717, 1.165) is 56.4 Å². The van der Waals surface area contributed by atoms with Crippen molar-refractivity contribution in [2.45, 2.75) is 76.3 Å². The van der Waals surface area contributed by atoms with Crippen LogP contribution in [0.1, 0.15) is 73.4 Å². The van der Waals surface area contributed by atoms with Crippen LogP contribution in [0.15, 0.2) is 48.6 Å². The van der Waals surface area contributed by atoms with E-state index in [9.17, 15) is 18.3 Å². The van der Waals surface area contributed by atoms with Crippen molar-refractivity contribution in [3.63, 3.8) is 0 Å². The van der Waals surface area contributed by atoms with Crippen LogP contribution in [0.4, 0.5) is 5.69 Å². The molecule has 40 heavy (non-hydrogen) atoms. The molecule has 3 aliphatic rings. The Morgan fingerprint density at radius 3 is 2.73 bits per heavy atom. The number of aliphatic hydroxyl groups is 1. The maximum atomic E-state index is 13.3. The first-order chi connectivity index (χ1) is 19.2. The molecule has 0 unspecified atom stereocenters. The van der Waals surface area contributed by atoms with Crippen LogP contribution in [-0.4, -0.2) is 43.9 Å². The molecule has 1 aliphatic carbocycles. The van der Waals surface area contributed by atoms with E-state index in [1.807, 2.05) is 37.3 Å². The number of halogens is 1. The van der Waals surface area contributed by atoms with E-state index in [1.54, 1.807) is 18.2 Å². The van der Waals surface area contributed by atoms with E-state index in [-0.39, 0.29) is 11.5 Å². The van der Waals surface area contributed by atoms with Crippen LogP contribution < -0.4 is 14.4 Å². The summed E-state index contributed by atoms with van der Waals surface area (Å²) in [5, 5.41) is 11.0. The Hall–Kier alpha value is -2.55. The predicted octanol–water partition coefficient (Wildman–Crippen LogP) is 5.64. The SMILES string of the molecule is CC[C@@H]1CC/C=C\[C@H](O)[C@@H]2CC[C@H]2CN2CCCCc3cc(Cl)ccc3COc3ccc(cc32)C(=O)NS1(=O)=O. The van der Waals surface area contributed by atoms with E-state index in [0.29, 0.717) is 42.6 Å². The maximum Gasteiger partial charge on any atom is 0.264 e. The highest BCUT2D eigenvalue weighted by Crippen LogP contribution is 2.41. The molecule has 2 aliphatic heterocycles. The summed E-state index contributed by atoms with van der Waals surface area (Å²) >= 11 is 6.29. The Bertz CT molecular complexity index is 1360. The second-order valence-electron chi connectivity index (χ2n) is 11.3. The smallest absolute Gasteiger partial charge is 0.264 e. The number of benzene rings is 2. The number of fused-ring (bicyclic) bond motifs is 3. The summed E-state index contributed by atoms with van der Waals surface area (Å²) in [5.74, 6) is 0.472. The van der Waals surface area contributed by atoms with Crippen LogP contribution in [0.25, 0.3) is 0 Å². The largest absolute Gasteiger partial charge is 0.487 e. The van der Waals surface area contributed by atoms with E-state index >= 15 is 0 Å². The van der Waals surface area contributed by atoms with Crippen molar-refractivity contribution in [3.8, 4) is 5.75 Å². The minimum Gasteiger partial charge on any atom is -0.487 e. The topological polar surface area (TPSA) is 95.9 Å². The van der Waals surface area contributed by atoms with Gasteiger partial charge < -0.3 is 14.7 Å². The molecule has 0 radical (unpaired) electrons. The van der Waals surface area contributed by atoms with Gasteiger partial charge in [-0.15, -0.1) is 0 Å². The average Bonchev–Trinajstić information content (AvgIpc) is 2.93. The zero-order chi connectivity index (χ0) is 28.3. The molecule has 4 atom stereocenters. The van der Waals surface area contributed by atoms with Gasteiger partial charge in [0, 0.05) is 23.7 Å². The van der Waals surface area contributed by atoms with Crippen molar-refractivity contribution in [1.82, 2.24) is 4.72 Å². The lowest BCUT2D eigenvalue weighted by Crippen LogP contribution is -2.43. The molecule has 9 heteroatoms. The first-order valence-electron chi connectivity index (χ1n) is 14.4. The molecular weight excluding hydrogens is 548 g/mol. The van der Waals surface area contributed by atoms with Crippen LogP contribution in [0, 0.1) is 11.8 Å². The number of ether oxygens (including phenoxy) is 1. The summed E-state index contributed by atoms with van der Waals surface area (Å²) in [6, 6.07) is 11.0. The Kier molecular flexibility index (Phi) is 9.08. The van der Waals surface area contributed by atoms with Gasteiger partial charge in [0.25, 0.3) is 5.91 Å². The molecule has 2 N–H and O–H groups in total. The number of anilines is 1. The third kappa shape index (κ3) is 6.50. The number of hydrogen-bond donors (Lipinski definition) is 2. The first-order valence-corrected chi connectivity index (χ1v) is 16.4. The number of nitrogens with one attached hydrogen (secondary N) is 1. The van der Waals surface area contributed by atoms with Crippen LogP contribution in [0.3, 0.4) is 0 Å². The second kappa shape index (κ2) is 12.5. The highest BCUT2D eigenvalue weighted by atomic mass is 35.5. The van der Waals surface area contributed by atoms with Gasteiger partial charge in [-0.25, -0.2) is 13.1 Å². The Labute approximate surface area is 242 Å². The predicted molar refractivity (Wildman–Crippen MR) is 158 cm³/mol. The molecule has 2 aromatic rings. The molecule has 5 rings (SSSR count). The number of hydrogen-bond acceptors (Lipinski definition) is 6. The molecule has 2 aromatic carbocycles. The zero-order valence-corrected chi connectivity index (χ0v) is 24.6. The van der Waals surface area contributed by atoms with Gasteiger partial charge in [-0.05, 0) is 105 Å². The minimum absolute atomic E-state index is 0.148. The number of rotatable bonds is 1. The van der Waals surface area contributed by atoms with Crippen molar-refractivity contribution >= 4 is 33.2 Å². The fraction of sp³-hybridized carbons (Fsp3) is 0.516. The lowest BCUT2D eigenvalue weighted by Gasteiger charge is -2.42. The fourth-order valence-corrected chi connectivity index (χ4v) is 7.77. The van der Waals surface area contributed by atoms with E-state index in [1.165, 1.54) is 5.56 Å². The van der Waals surface area contributed by atoms with Gasteiger partial charge in [0.2, 0.25) is 10.0 Å². The van der Waals surface area contributed by atoms with E-state index < -0.39 is 27.3 Å². The molecule has 216 valence electrons. The monoisotopic (exact) mass is 586 g/mol. The van der Waals surface area contributed by atoms with Gasteiger partial charge in [0.05, 0.1) is 17.0 Å². The van der Waals surface area contributed by atoms with Crippen LogP contribution in [0.5, 0.6) is 5.75 Å². The number of carbonyl (C=O) groups is 1. The van der Waals surface area contributed by atoms with Crippen molar-refractivity contribution in [1.29, 1.82) is 0 Å². The van der Waals surface area contributed by atoms with Gasteiger partial charge in [-0.1, -0.05) is 36.7 Å². The Morgan fingerprint density at radius 2 is 1.95 bits per heavy atom. The standard InChI is InChI=1S/C31H39ClN2O5S/c1-2-26-8-3-4-9-29(35)27-14-11-23(27)19-34-16-6-5-7-21-17-25(32)13-10-24(21)20-39-30-15-12-22(18-28(30)34)31(36)33-40(26,37)38/h4,9-10,12-13,15,17-18,23,26-27,29,35H,2-3,5-8,11,14,16,19-20H2,1H3,(H,33,36)/b9-4-/t23-,26+,27+,29-/m0/s1. The summed E-state index contributed by atoms with van der Waals surface area (Å²) in [4.78, 5) is 15.5. The minimum atomic E-state index is -3.87. The normalized spacial score (nSPS) is 28.0. The number of aryl methyl sites for hydroxylation is 1. The number of carbonyl (C=O) groups excluding carboxylic acids is 1. The Morgan fingerprint density at radius 1 is 1.10 bits per heavy atom. The summed E-state index contributed by atoms with van der Waals surface area (Å²) in [7, 11) is -3.87. The van der Waals surface area contributed by atoms with Gasteiger partial charge in [0.1, 0.15) is 12.4 Å². The van der Waals surface area contributed by atoms with Crippen LogP contribution >= 0.6 is 11.6 Å². The third-order valence-corrected chi connectivity index (χ3v) is 10.9. The second-order valence-corrected chi connectivity index (χ2v) is 13.7. The van der Waals surface area contributed by atoms with Crippen LogP contribution in [0.2, 0.25) is 5.02 Å². The molecule has 0 spiro atoms. The van der Waals surface area contributed by atoms with E-state index in [4.69, 9.17) is 16.3 Å². The molecular formula is C31H39ClN2O5S. The first kappa shape index (κ1) is 29.0. The molecule has 7 nitrogen and oxygen atoms in total. The van der Waals surface area contributed by atoms with Gasteiger partial charge in [-0.2, -0.15) is 0 Å². The number of amides is 1. The van der Waals surface area contributed by atoms with Crippen molar-refractivity contribution in [3.05, 3.63) is 70.3 Å². The van der Waals surface area contributed by atoms with E-state index in [2.05, 4.69) is 9.62 Å². The molecule has 2 bridgehead atoms. The summed E-state index contributed by atoms with van der Waals surface area (Å²) in [6.07, 6.45) is 9.22.